The van der Waals surface area contributed by atoms with Crippen molar-refractivity contribution in [1.82, 2.24) is 5.16 Å². The number of anilines is 1. The maximum absolute atomic E-state index is 12.6. The summed E-state index contributed by atoms with van der Waals surface area (Å²) in [7, 11) is 0. The summed E-state index contributed by atoms with van der Waals surface area (Å²) in [4.78, 5) is 12.6. The molecule has 1 N–H and O–H groups in total. The highest BCUT2D eigenvalue weighted by molar-refractivity contribution is 6.42. The average molecular weight is 382 g/mol. The van der Waals surface area contributed by atoms with Gasteiger partial charge in [0.05, 0.1) is 15.7 Å². The molecule has 0 spiro atoms. The lowest BCUT2D eigenvalue weighted by Gasteiger charge is -2.07. The molecule has 1 aromatic heterocycles. The van der Waals surface area contributed by atoms with Crippen LogP contribution >= 0.6 is 34.8 Å². The van der Waals surface area contributed by atoms with Crippen LogP contribution in [0.4, 0.5) is 5.69 Å². The van der Waals surface area contributed by atoms with Gasteiger partial charge in [-0.05, 0) is 49.4 Å². The first-order valence-electron chi connectivity index (χ1n) is 6.94. The van der Waals surface area contributed by atoms with Crippen LogP contribution in [0.2, 0.25) is 15.1 Å². The van der Waals surface area contributed by atoms with Crippen LogP contribution in [-0.4, -0.2) is 11.1 Å². The Kier molecular flexibility index (Phi) is 4.81. The van der Waals surface area contributed by atoms with E-state index in [1.165, 1.54) is 0 Å². The van der Waals surface area contributed by atoms with Crippen LogP contribution in [0.1, 0.15) is 16.1 Å². The van der Waals surface area contributed by atoms with Crippen molar-refractivity contribution < 1.29 is 9.32 Å². The maximum atomic E-state index is 12.6. The van der Waals surface area contributed by atoms with E-state index in [0.717, 1.165) is 0 Å². The van der Waals surface area contributed by atoms with E-state index in [-0.39, 0.29) is 5.91 Å². The fraction of sp³-hybridized carbons (Fsp3) is 0.0588. The number of amides is 1. The summed E-state index contributed by atoms with van der Waals surface area (Å²) in [5.74, 6) is 0.0267. The third kappa shape index (κ3) is 3.41. The fourth-order valence-corrected chi connectivity index (χ4v) is 2.63. The second-order valence-electron chi connectivity index (χ2n) is 5.06. The van der Waals surface area contributed by atoms with Crippen molar-refractivity contribution in [1.29, 1.82) is 0 Å². The molecule has 4 nitrogen and oxygen atoms in total. The molecule has 122 valence electrons. The number of aromatic nitrogens is 1. The average Bonchev–Trinajstić information content (AvgIpc) is 2.93. The van der Waals surface area contributed by atoms with Gasteiger partial charge in [0, 0.05) is 16.3 Å². The van der Waals surface area contributed by atoms with Gasteiger partial charge in [-0.15, -0.1) is 0 Å². The van der Waals surface area contributed by atoms with E-state index in [9.17, 15) is 4.79 Å². The van der Waals surface area contributed by atoms with Crippen LogP contribution < -0.4 is 5.32 Å². The zero-order valence-corrected chi connectivity index (χ0v) is 14.7. The molecule has 0 aliphatic heterocycles. The maximum Gasteiger partial charge on any atom is 0.261 e. The quantitative estimate of drug-likeness (QED) is 0.618. The topological polar surface area (TPSA) is 55.1 Å². The van der Waals surface area contributed by atoms with Crippen molar-refractivity contribution in [3.8, 4) is 11.3 Å². The Morgan fingerprint density at radius 3 is 2.42 bits per heavy atom. The zero-order valence-electron chi connectivity index (χ0n) is 12.4. The Hall–Kier alpha value is -2.01. The van der Waals surface area contributed by atoms with Gasteiger partial charge in [-0.25, -0.2) is 0 Å². The number of hydrogen-bond acceptors (Lipinski definition) is 3. The number of rotatable bonds is 3. The Morgan fingerprint density at radius 1 is 1.04 bits per heavy atom. The van der Waals surface area contributed by atoms with Gasteiger partial charge in [0.1, 0.15) is 5.56 Å². The summed E-state index contributed by atoms with van der Waals surface area (Å²) in [6, 6.07) is 11.8. The molecule has 7 heteroatoms. The van der Waals surface area contributed by atoms with Crippen molar-refractivity contribution in [2.24, 2.45) is 0 Å². The van der Waals surface area contributed by atoms with E-state index in [4.69, 9.17) is 39.3 Å². The summed E-state index contributed by atoms with van der Waals surface area (Å²) < 4.78 is 5.32. The molecular weight excluding hydrogens is 371 g/mol. The smallest absolute Gasteiger partial charge is 0.261 e. The Balaban J connectivity index is 1.94. The summed E-state index contributed by atoms with van der Waals surface area (Å²) in [5, 5.41) is 8.03. The molecule has 24 heavy (non-hydrogen) atoms. The molecule has 0 saturated carbocycles. The first-order chi connectivity index (χ1) is 11.5. The highest BCUT2D eigenvalue weighted by atomic mass is 35.5. The minimum atomic E-state index is -0.350. The predicted octanol–water partition coefficient (Wildman–Crippen LogP) is 5.86. The SMILES string of the molecule is Cc1noc(-c2ccc(Cl)cc2)c1C(=O)Nc1ccc(Cl)c(Cl)c1. The summed E-state index contributed by atoms with van der Waals surface area (Å²) >= 11 is 17.7. The van der Waals surface area contributed by atoms with Gasteiger partial charge in [-0.3, -0.25) is 4.79 Å². The number of carbonyl (C=O) groups excluding carboxylic acids is 1. The lowest BCUT2D eigenvalue weighted by atomic mass is 10.1. The number of benzene rings is 2. The summed E-state index contributed by atoms with van der Waals surface area (Å²) in [5.41, 5.74) is 2.07. The number of carbonyl (C=O) groups is 1. The van der Waals surface area contributed by atoms with Crippen LogP contribution in [-0.2, 0) is 0 Å². The number of nitrogens with zero attached hydrogens (tertiary/aromatic N) is 1. The molecule has 2 aromatic carbocycles. The van der Waals surface area contributed by atoms with Gasteiger partial charge < -0.3 is 9.84 Å². The summed E-state index contributed by atoms with van der Waals surface area (Å²) in [6.07, 6.45) is 0. The molecule has 0 radical (unpaired) electrons. The van der Waals surface area contributed by atoms with Crippen LogP contribution in [0.15, 0.2) is 47.0 Å². The zero-order chi connectivity index (χ0) is 17.3. The number of nitrogens with one attached hydrogen (secondary N) is 1. The molecule has 0 saturated heterocycles. The van der Waals surface area contributed by atoms with E-state index in [1.807, 2.05) is 0 Å². The third-order valence-corrected chi connectivity index (χ3v) is 4.36. The van der Waals surface area contributed by atoms with Crippen LogP contribution in [0.3, 0.4) is 0 Å². The minimum Gasteiger partial charge on any atom is -0.355 e. The number of hydrogen-bond donors (Lipinski definition) is 1. The Labute approximate surface area is 153 Å². The van der Waals surface area contributed by atoms with Crippen molar-refractivity contribution in [3.05, 3.63) is 68.8 Å². The molecule has 0 atom stereocenters. The normalized spacial score (nSPS) is 10.7. The van der Waals surface area contributed by atoms with Crippen LogP contribution in [0.25, 0.3) is 11.3 Å². The monoisotopic (exact) mass is 380 g/mol. The van der Waals surface area contributed by atoms with E-state index in [2.05, 4.69) is 10.5 Å². The van der Waals surface area contributed by atoms with Crippen molar-refractivity contribution in [2.45, 2.75) is 6.92 Å². The van der Waals surface area contributed by atoms with Gasteiger partial charge >= 0.3 is 0 Å². The molecule has 0 bridgehead atoms. The molecule has 1 amide bonds. The van der Waals surface area contributed by atoms with Gasteiger partial charge in [-0.1, -0.05) is 40.0 Å². The van der Waals surface area contributed by atoms with Gasteiger partial charge in [0.2, 0.25) is 0 Å². The Bertz CT molecular complexity index is 905. The van der Waals surface area contributed by atoms with Crippen LogP contribution in [0.5, 0.6) is 0 Å². The Morgan fingerprint density at radius 2 is 1.75 bits per heavy atom. The first kappa shape index (κ1) is 16.8. The largest absolute Gasteiger partial charge is 0.355 e. The van der Waals surface area contributed by atoms with E-state index in [1.54, 1.807) is 49.4 Å². The second kappa shape index (κ2) is 6.85. The predicted molar refractivity (Wildman–Crippen MR) is 96.1 cm³/mol. The molecule has 1 heterocycles. The van der Waals surface area contributed by atoms with Crippen molar-refractivity contribution in [3.63, 3.8) is 0 Å². The van der Waals surface area contributed by atoms with E-state index >= 15 is 0 Å². The molecule has 0 aliphatic rings. The lowest BCUT2D eigenvalue weighted by molar-refractivity contribution is 0.102. The lowest BCUT2D eigenvalue weighted by Crippen LogP contribution is -2.13. The van der Waals surface area contributed by atoms with Crippen molar-refractivity contribution in [2.75, 3.05) is 5.32 Å². The molecular formula is C17H11Cl3N2O2. The van der Waals surface area contributed by atoms with Gasteiger partial charge in [0.25, 0.3) is 5.91 Å². The molecule has 3 rings (SSSR count). The summed E-state index contributed by atoms with van der Waals surface area (Å²) in [6.45, 7) is 1.70. The van der Waals surface area contributed by atoms with Crippen molar-refractivity contribution >= 4 is 46.4 Å². The number of aryl methyl sites for hydroxylation is 1. The molecule has 3 aromatic rings. The second-order valence-corrected chi connectivity index (χ2v) is 6.31. The van der Waals surface area contributed by atoms with E-state index < -0.39 is 0 Å². The van der Waals surface area contributed by atoms with E-state index in [0.29, 0.717) is 43.3 Å². The molecule has 0 unspecified atom stereocenters. The van der Waals surface area contributed by atoms with Gasteiger partial charge in [-0.2, -0.15) is 0 Å². The fourth-order valence-electron chi connectivity index (χ4n) is 2.20. The highest BCUT2D eigenvalue weighted by Crippen LogP contribution is 2.29. The minimum absolute atomic E-state index is 0.350. The number of halogens is 3. The highest BCUT2D eigenvalue weighted by Gasteiger charge is 2.22. The van der Waals surface area contributed by atoms with Crippen LogP contribution in [0, 0.1) is 6.92 Å². The standard InChI is InChI=1S/C17H11Cl3N2O2/c1-9-15(16(24-22-9)10-2-4-11(18)5-3-10)17(23)21-12-6-7-13(19)14(20)8-12/h2-8H,1H3,(H,21,23). The molecule has 0 fully saturated rings. The molecule has 0 aliphatic carbocycles. The third-order valence-electron chi connectivity index (χ3n) is 3.37. The first-order valence-corrected chi connectivity index (χ1v) is 8.07. The van der Waals surface area contributed by atoms with Gasteiger partial charge in [0.15, 0.2) is 5.76 Å².